The largest absolute Gasteiger partial charge is 0.356 e. The van der Waals surface area contributed by atoms with Gasteiger partial charge in [0.2, 0.25) is 29.5 Å². The van der Waals surface area contributed by atoms with Gasteiger partial charge in [0, 0.05) is 31.7 Å². The Morgan fingerprint density at radius 1 is 1.29 bits per heavy atom. The number of piperidine rings is 1. The summed E-state index contributed by atoms with van der Waals surface area (Å²) in [5, 5.41) is 9.10. The van der Waals surface area contributed by atoms with E-state index in [0.717, 1.165) is 11.3 Å². The molecule has 2 saturated heterocycles. The van der Waals surface area contributed by atoms with E-state index in [1.54, 1.807) is 0 Å². The van der Waals surface area contributed by atoms with Crippen LogP contribution in [0.2, 0.25) is 0 Å². The van der Waals surface area contributed by atoms with Crippen LogP contribution in [0.5, 0.6) is 0 Å². The topological polar surface area (TPSA) is 134 Å². The van der Waals surface area contributed by atoms with E-state index in [0.29, 0.717) is 18.8 Å². The van der Waals surface area contributed by atoms with Crippen molar-refractivity contribution in [2.45, 2.75) is 38.1 Å². The first-order chi connectivity index (χ1) is 11.5. The van der Waals surface area contributed by atoms with Crippen LogP contribution in [0.4, 0.5) is 0 Å². The zero-order valence-corrected chi connectivity index (χ0v) is 12.9. The quantitative estimate of drug-likeness (QED) is 0.647. The molecule has 2 aliphatic rings. The van der Waals surface area contributed by atoms with Crippen molar-refractivity contribution in [3.05, 3.63) is 11.7 Å². The predicted octanol–water partition coefficient (Wildman–Crippen LogP) is -1.17. The molecule has 2 fully saturated rings. The Morgan fingerprint density at radius 2 is 2.04 bits per heavy atom. The van der Waals surface area contributed by atoms with Gasteiger partial charge in [0.05, 0.1) is 6.54 Å². The predicted molar refractivity (Wildman–Crippen MR) is 77.1 cm³/mol. The normalized spacial score (nSPS) is 21.1. The lowest BCUT2D eigenvalue weighted by Gasteiger charge is -2.18. The molecule has 0 saturated carbocycles. The Balaban J connectivity index is 1.50. The molecule has 1 atom stereocenters. The first-order valence-corrected chi connectivity index (χ1v) is 7.72. The average molecular weight is 335 g/mol. The molecule has 2 N–H and O–H groups in total. The molecule has 1 unspecified atom stereocenters. The molecule has 4 amide bonds. The fourth-order valence-corrected chi connectivity index (χ4v) is 2.68. The number of hydrogen-bond donors (Lipinski definition) is 2. The van der Waals surface area contributed by atoms with Crippen LogP contribution in [0.1, 0.15) is 43.3 Å². The van der Waals surface area contributed by atoms with Gasteiger partial charge in [0.25, 0.3) is 0 Å². The third-order valence-corrected chi connectivity index (χ3v) is 3.99. The highest BCUT2D eigenvalue weighted by atomic mass is 16.5. The molecule has 0 bridgehead atoms. The van der Waals surface area contributed by atoms with Gasteiger partial charge in [-0.15, -0.1) is 0 Å². The summed E-state index contributed by atoms with van der Waals surface area (Å²) >= 11 is 0. The van der Waals surface area contributed by atoms with E-state index in [2.05, 4.69) is 20.8 Å². The summed E-state index contributed by atoms with van der Waals surface area (Å²) in [5.74, 6) is -0.646. The molecule has 128 valence electrons. The van der Waals surface area contributed by atoms with Crippen LogP contribution in [0.3, 0.4) is 0 Å². The Morgan fingerprint density at radius 3 is 2.75 bits per heavy atom. The van der Waals surface area contributed by atoms with E-state index in [1.165, 1.54) is 0 Å². The van der Waals surface area contributed by atoms with Crippen molar-refractivity contribution in [2.75, 3.05) is 13.1 Å². The molecule has 0 radical (unpaired) electrons. The number of rotatable bonds is 5. The third-order valence-electron chi connectivity index (χ3n) is 3.99. The second kappa shape index (κ2) is 6.77. The Hall–Kier alpha value is -2.78. The summed E-state index contributed by atoms with van der Waals surface area (Å²) in [4.78, 5) is 51.2. The average Bonchev–Trinajstić information content (AvgIpc) is 3.15. The van der Waals surface area contributed by atoms with Crippen LogP contribution in [-0.4, -0.2) is 51.8 Å². The van der Waals surface area contributed by atoms with Crippen molar-refractivity contribution in [1.82, 2.24) is 25.7 Å². The van der Waals surface area contributed by atoms with Gasteiger partial charge >= 0.3 is 0 Å². The van der Waals surface area contributed by atoms with Gasteiger partial charge in [-0.05, 0) is 6.42 Å². The molecule has 10 heteroatoms. The molecule has 0 aromatic carbocycles. The molecular formula is C14H17N5O5. The van der Waals surface area contributed by atoms with Crippen LogP contribution in [0, 0.1) is 0 Å². The molecule has 3 rings (SSSR count). The maximum Gasteiger partial charge on any atom is 0.246 e. The van der Waals surface area contributed by atoms with Crippen molar-refractivity contribution in [3.8, 4) is 0 Å². The maximum atomic E-state index is 11.8. The SMILES string of the molecule is O=C1CC(c2noc(CNC(=O)CN3C(=O)CCC3=O)n2)CCN1. The van der Waals surface area contributed by atoms with Gasteiger partial charge in [-0.1, -0.05) is 5.16 Å². The highest BCUT2D eigenvalue weighted by Crippen LogP contribution is 2.22. The first-order valence-electron chi connectivity index (χ1n) is 7.72. The molecule has 10 nitrogen and oxygen atoms in total. The fourth-order valence-electron chi connectivity index (χ4n) is 2.68. The molecule has 2 aliphatic heterocycles. The molecule has 24 heavy (non-hydrogen) atoms. The standard InChI is InChI=1S/C14H17N5O5/c20-9-5-8(3-4-15-9)14-17-11(24-18-14)6-16-10(21)7-19-12(22)1-2-13(19)23/h8H,1-7H2,(H,15,20)(H,16,21). The van der Waals surface area contributed by atoms with E-state index in [1.807, 2.05) is 0 Å². The number of likely N-dealkylation sites (tertiary alicyclic amines) is 1. The Labute approximate surface area is 136 Å². The van der Waals surface area contributed by atoms with Crippen LogP contribution in [-0.2, 0) is 25.7 Å². The summed E-state index contributed by atoms with van der Waals surface area (Å²) in [6.45, 7) is 0.268. The third kappa shape index (κ3) is 3.58. The Bertz CT molecular complexity index is 669. The van der Waals surface area contributed by atoms with Gasteiger partial charge < -0.3 is 15.2 Å². The van der Waals surface area contributed by atoms with Crippen LogP contribution < -0.4 is 10.6 Å². The lowest BCUT2D eigenvalue weighted by atomic mass is 9.97. The zero-order chi connectivity index (χ0) is 17.1. The van der Waals surface area contributed by atoms with E-state index >= 15 is 0 Å². The highest BCUT2D eigenvalue weighted by Gasteiger charge is 2.30. The number of carbonyl (C=O) groups is 4. The van der Waals surface area contributed by atoms with Crippen molar-refractivity contribution in [2.24, 2.45) is 0 Å². The summed E-state index contributed by atoms with van der Waals surface area (Å²) in [6, 6.07) is 0. The summed E-state index contributed by atoms with van der Waals surface area (Å²) < 4.78 is 5.06. The van der Waals surface area contributed by atoms with Crippen molar-refractivity contribution >= 4 is 23.6 Å². The highest BCUT2D eigenvalue weighted by molar-refractivity contribution is 6.04. The lowest BCUT2D eigenvalue weighted by molar-refractivity contribution is -0.142. The van der Waals surface area contributed by atoms with Crippen LogP contribution in [0.25, 0.3) is 0 Å². The zero-order valence-electron chi connectivity index (χ0n) is 12.9. The number of amides is 4. The number of carbonyl (C=O) groups excluding carboxylic acids is 4. The van der Waals surface area contributed by atoms with E-state index in [-0.39, 0.29) is 55.5 Å². The van der Waals surface area contributed by atoms with Gasteiger partial charge in [-0.25, -0.2) is 0 Å². The molecule has 1 aromatic rings. The second-order valence-electron chi connectivity index (χ2n) is 5.74. The minimum atomic E-state index is -0.476. The fraction of sp³-hybridized carbons (Fsp3) is 0.571. The molecule has 1 aromatic heterocycles. The summed E-state index contributed by atoms with van der Waals surface area (Å²) in [7, 11) is 0. The molecule has 3 heterocycles. The van der Waals surface area contributed by atoms with Gasteiger partial charge in [0.1, 0.15) is 6.54 Å². The minimum absolute atomic E-state index is 0.000963. The number of imide groups is 1. The van der Waals surface area contributed by atoms with Crippen LogP contribution >= 0.6 is 0 Å². The lowest BCUT2D eigenvalue weighted by Crippen LogP contribution is -2.39. The number of nitrogens with one attached hydrogen (secondary N) is 2. The second-order valence-corrected chi connectivity index (χ2v) is 5.74. The Kier molecular flexibility index (Phi) is 4.54. The number of nitrogens with zero attached hydrogens (tertiary/aromatic N) is 3. The van der Waals surface area contributed by atoms with Gasteiger partial charge in [-0.3, -0.25) is 24.1 Å². The van der Waals surface area contributed by atoms with E-state index in [9.17, 15) is 19.2 Å². The minimum Gasteiger partial charge on any atom is -0.356 e. The summed E-state index contributed by atoms with van der Waals surface area (Å²) in [5.41, 5.74) is 0. The van der Waals surface area contributed by atoms with Crippen molar-refractivity contribution < 1.29 is 23.7 Å². The van der Waals surface area contributed by atoms with Gasteiger partial charge in [-0.2, -0.15) is 4.98 Å². The summed E-state index contributed by atoms with van der Waals surface area (Å²) in [6.07, 6.45) is 1.34. The van der Waals surface area contributed by atoms with E-state index < -0.39 is 5.91 Å². The molecule has 0 spiro atoms. The maximum absolute atomic E-state index is 11.8. The van der Waals surface area contributed by atoms with E-state index in [4.69, 9.17) is 4.52 Å². The first kappa shape index (κ1) is 16.1. The molecule has 0 aliphatic carbocycles. The monoisotopic (exact) mass is 335 g/mol. The van der Waals surface area contributed by atoms with Crippen LogP contribution in [0.15, 0.2) is 4.52 Å². The smallest absolute Gasteiger partial charge is 0.246 e. The molecular weight excluding hydrogens is 318 g/mol. The van der Waals surface area contributed by atoms with Crippen molar-refractivity contribution in [3.63, 3.8) is 0 Å². The number of aromatic nitrogens is 2. The van der Waals surface area contributed by atoms with Gasteiger partial charge in [0.15, 0.2) is 5.82 Å². The van der Waals surface area contributed by atoms with Crippen molar-refractivity contribution in [1.29, 1.82) is 0 Å². The number of hydrogen-bond acceptors (Lipinski definition) is 7.